The minimum atomic E-state index is -0.288. The van der Waals surface area contributed by atoms with Crippen LogP contribution in [0.4, 0.5) is 4.39 Å². The van der Waals surface area contributed by atoms with Crippen molar-refractivity contribution in [2.45, 2.75) is 27.4 Å². The quantitative estimate of drug-likeness (QED) is 0.251. The van der Waals surface area contributed by atoms with Crippen LogP contribution in [-0.2, 0) is 11.4 Å². The van der Waals surface area contributed by atoms with Gasteiger partial charge in [-0.05, 0) is 56.2 Å². The molecule has 3 aromatic carbocycles. The largest absolute Gasteiger partial charge is 0.391 e. The third-order valence-corrected chi connectivity index (χ3v) is 5.35. The lowest BCUT2D eigenvalue weighted by Gasteiger charge is -2.13. The molecule has 1 heterocycles. The molecular weight excluding hydrogens is 387 g/mol. The molecule has 0 saturated carbocycles. The number of hydrogen-bond acceptors (Lipinski definition) is 2. The summed E-state index contributed by atoms with van der Waals surface area (Å²) in [4.78, 5) is 5.49. The lowest BCUT2D eigenvalue weighted by molar-refractivity contribution is 0.128. The lowest BCUT2D eigenvalue weighted by atomic mass is 10.1. The zero-order valence-corrected chi connectivity index (χ0v) is 18.0. The minimum Gasteiger partial charge on any atom is -0.391 e. The van der Waals surface area contributed by atoms with Crippen molar-refractivity contribution in [2.24, 2.45) is 5.16 Å². The maximum absolute atomic E-state index is 13.8. The molecule has 0 radical (unpaired) electrons. The zero-order chi connectivity index (χ0) is 21.8. The van der Waals surface area contributed by atoms with Gasteiger partial charge < -0.3 is 9.40 Å². The second kappa shape index (κ2) is 9.00. The summed E-state index contributed by atoms with van der Waals surface area (Å²) in [7, 11) is 0. The molecule has 0 unspecified atom stereocenters. The molecule has 0 aliphatic carbocycles. The average Bonchev–Trinajstić information content (AvgIpc) is 3.13. The Bertz CT molecular complexity index is 1230. The van der Waals surface area contributed by atoms with E-state index in [-0.39, 0.29) is 12.4 Å². The molecule has 4 rings (SSSR count). The smallest absolute Gasteiger partial charge is 0.145 e. The topological polar surface area (TPSA) is 26.5 Å². The molecule has 0 bridgehead atoms. The number of aryl methyl sites for hydroxylation is 1. The number of benzene rings is 3. The fourth-order valence-corrected chi connectivity index (χ4v) is 3.76. The van der Waals surface area contributed by atoms with E-state index in [0.717, 1.165) is 33.9 Å². The first kappa shape index (κ1) is 20.6. The van der Waals surface area contributed by atoms with Gasteiger partial charge in [0.15, 0.2) is 0 Å². The van der Waals surface area contributed by atoms with E-state index in [9.17, 15) is 4.39 Å². The fraction of sp³-hybridized carbons (Fsp3) is 0.148. The lowest BCUT2D eigenvalue weighted by Crippen LogP contribution is -2.03. The molecule has 0 fully saturated rings. The second-order valence-corrected chi connectivity index (χ2v) is 7.61. The van der Waals surface area contributed by atoms with Crippen LogP contribution >= 0.6 is 0 Å². The number of hydrogen-bond donors (Lipinski definition) is 0. The van der Waals surface area contributed by atoms with Gasteiger partial charge in [-0.3, -0.25) is 0 Å². The highest BCUT2D eigenvalue weighted by molar-refractivity contribution is 6.01. The molecule has 0 atom stereocenters. The summed E-state index contributed by atoms with van der Waals surface area (Å²) < 4.78 is 16.1. The third kappa shape index (κ3) is 4.43. The van der Waals surface area contributed by atoms with Crippen LogP contribution in [0.2, 0.25) is 0 Å². The molecule has 31 heavy (non-hydrogen) atoms. The van der Waals surface area contributed by atoms with Crippen LogP contribution in [0.1, 0.15) is 29.3 Å². The summed E-state index contributed by atoms with van der Waals surface area (Å²) in [5, 5.41) is 4.29. The van der Waals surface area contributed by atoms with Crippen molar-refractivity contribution < 1.29 is 9.23 Å². The van der Waals surface area contributed by atoms with Gasteiger partial charge in [-0.15, -0.1) is 0 Å². The molecule has 1 aromatic heterocycles. The Hall–Kier alpha value is -3.66. The minimum absolute atomic E-state index is 0.0905. The monoisotopic (exact) mass is 412 g/mol. The molecule has 0 aliphatic heterocycles. The number of nitrogens with zero attached hydrogens (tertiary/aromatic N) is 2. The Morgan fingerprint density at radius 1 is 0.903 bits per heavy atom. The molecule has 0 N–H and O–H groups in total. The van der Waals surface area contributed by atoms with Gasteiger partial charge in [-0.1, -0.05) is 65.8 Å². The summed E-state index contributed by atoms with van der Waals surface area (Å²) in [5.74, 6) is -0.288. The number of rotatable bonds is 6. The SMILES string of the molecule is C/C(=N/OCc1ccccc1F)c1cc(-c2ccccc2)n(-c2cccc(C)c2)c1C. The Morgan fingerprint density at radius 3 is 2.39 bits per heavy atom. The summed E-state index contributed by atoms with van der Waals surface area (Å²) in [5.41, 5.74) is 7.80. The zero-order valence-electron chi connectivity index (χ0n) is 18.0. The van der Waals surface area contributed by atoms with Gasteiger partial charge in [-0.2, -0.15) is 0 Å². The van der Waals surface area contributed by atoms with Gasteiger partial charge in [0.2, 0.25) is 0 Å². The summed E-state index contributed by atoms with van der Waals surface area (Å²) >= 11 is 0. The van der Waals surface area contributed by atoms with Gasteiger partial charge >= 0.3 is 0 Å². The van der Waals surface area contributed by atoms with Crippen molar-refractivity contribution in [1.82, 2.24) is 4.57 Å². The maximum atomic E-state index is 13.8. The molecule has 3 nitrogen and oxygen atoms in total. The average molecular weight is 413 g/mol. The van der Waals surface area contributed by atoms with Crippen LogP contribution in [0.5, 0.6) is 0 Å². The Labute approximate surface area is 182 Å². The molecule has 156 valence electrons. The van der Waals surface area contributed by atoms with E-state index in [1.165, 1.54) is 11.6 Å². The highest BCUT2D eigenvalue weighted by Crippen LogP contribution is 2.30. The van der Waals surface area contributed by atoms with E-state index in [4.69, 9.17) is 4.84 Å². The summed E-state index contributed by atoms with van der Waals surface area (Å²) in [6.07, 6.45) is 0. The van der Waals surface area contributed by atoms with Crippen LogP contribution in [0, 0.1) is 19.7 Å². The van der Waals surface area contributed by atoms with Crippen molar-refractivity contribution in [3.63, 3.8) is 0 Å². The van der Waals surface area contributed by atoms with E-state index in [1.807, 2.05) is 25.1 Å². The van der Waals surface area contributed by atoms with Gasteiger partial charge in [0, 0.05) is 22.5 Å². The molecule has 4 aromatic rings. The van der Waals surface area contributed by atoms with Crippen LogP contribution < -0.4 is 0 Å². The van der Waals surface area contributed by atoms with Crippen molar-refractivity contribution in [3.05, 3.63) is 113 Å². The molecular formula is C27H25FN2O. The molecule has 0 spiro atoms. The maximum Gasteiger partial charge on any atom is 0.145 e. The fourth-order valence-electron chi connectivity index (χ4n) is 3.76. The van der Waals surface area contributed by atoms with E-state index >= 15 is 0 Å². The van der Waals surface area contributed by atoms with E-state index in [2.05, 4.69) is 66.0 Å². The van der Waals surface area contributed by atoms with Crippen molar-refractivity contribution in [2.75, 3.05) is 0 Å². The highest BCUT2D eigenvalue weighted by atomic mass is 19.1. The standard InChI is InChI=1S/C27H25FN2O/c1-19-10-9-14-24(16-19)30-21(3)25(17-27(30)22-11-5-4-6-12-22)20(2)29-31-18-23-13-7-8-15-26(23)28/h4-17H,18H2,1-3H3/b29-20-. The first-order valence-electron chi connectivity index (χ1n) is 10.3. The van der Waals surface area contributed by atoms with Gasteiger partial charge in [0.05, 0.1) is 11.4 Å². The first-order valence-corrected chi connectivity index (χ1v) is 10.3. The van der Waals surface area contributed by atoms with Crippen LogP contribution in [-0.4, -0.2) is 10.3 Å². The second-order valence-electron chi connectivity index (χ2n) is 7.61. The highest BCUT2D eigenvalue weighted by Gasteiger charge is 2.17. The van der Waals surface area contributed by atoms with E-state index < -0.39 is 0 Å². The molecule has 0 aliphatic rings. The van der Waals surface area contributed by atoms with Crippen molar-refractivity contribution in [3.8, 4) is 16.9 Å². The predicted octanol–water partition coefficient (Wildman–Crippen LogP) is 6.84. The van der Waals surface area contributed by atoms with E-state index in [0.29, 0.717) is 5.56 Å². The first-order chi connectivity index (χ1) is 15.0. The third-order valence-electron chi connectivity index (χ3n) is 5.35. The van der Waals surface area contributed by atoms with Gasteiger partial charge in [0.25, 0.3) is 0 Å². The Balaban J connectivity index is 1.72. The summed E-state index contributed by atoms with van der Waals surface area (Å²) in [6.45, 7) is 6.18. The number of oxime groups is 1. The normalized spacial score (nSPS) is 11.5. The van der Waals surface area contributed by atoms with Crippen molar-refractivity contribution >= 4 is 5.71 Å². The molecule has 0 amide bonds. The van der Waals surface area contributed by atoms with Gasteiger partial charge in [0.1, 0.15) is 12.4 Å². The van der Waals surface area contributed by atoms with Crippen molar-refractivity contribution in [1.29, 1.82) is 0 Å². The number of aromatic nitrogens is 1. The van der Waals surface area contributed by atoms with Crippen LogP contribution in [0.3, 0.4) is 0 Å². The predicted molar refractivity (Wildman–Crippen MR) is 124 cm³/mol. The van der Waals surface area contributed by atoms with Crippen LogP contribution in [0.25, 0.3) is 16.9 Å². The molecule has 0 saturated heterocycles. The summed E-state index contributed by atoms with van der Waals surface area (Å²) in [6, 6.07) is 27.4. The molecule has 4 heteroatoms. The van der Waals surface area contributed by atoms with E-state index in [1.54, 1.807) is 18.2 Å². The Kier molecular flexibility index (Phi) is 5.99. The Morgan fingerprint density at radius 2 is 1.65 bits per heavy atom. The number of halogens is 1. The van der Waals surface area contributed by atoms with Gasteiger partial charge in [-0.25, -0.2) is 4.39 Å². The van der Waals surface area contributed by atoms with Crippen LogP contribution in [0.15, 0.2) is 90.1 Å².